The van der Waals surface area contributed by atoms with Crippen molar-refractivity contribution in [3.63, 3.8) is 0 Å². The lowest BCUT2D eigenvalue weighted by Gasteiger charge is -2.31. The van der Waals surface area contributed by atoms with E-state index in [-0.39, 0.29) is 0 Å². The highest BCUT2D eigenvalue weighted by Crippen LogP contribution is 2.28. The first-order valence-corrected chi connectivity index (χ1v) is 8.25. The van der Waals surface area contributed by atoms with Crippen LogP contribution in [0, 0.1) is 0 Å². The Hall–Kier alpha value is 0.01000. The maximum atomic E-state index is 3.74. The van der Waals surface area contributed by atoms with E-state index in [2.05, 4.69) is 40.8 Å². The smallest absolute Gasteiger partial charge is 0.0216 e. The molecule has 0 amide bonds. The standard InChI is InChI=1S/C13H21NS2/c1-2-16-13-6-4-3-5-12(13)14-9-11-7-8-15-10-11/h7-8,10,12-14H,2-6,9H2,1H3. The van der Waals surface area contributed by atoms with Crippen molar-refractivity contribution in [2.24, 2.45) is 0 Å². The molecular formula is C13H21NS2. The van der Waals surface area contributed by atoms with Gasteiger partial charge in [0, 0.05) is 17.8 Å². The Labute approximate surface area is 107 Å². The second-order valence-electron chi connectivity index (χ2n) is 4.40. The molecular weight excluding hydrogens is 234 g/mol. The van der Waals surface area contributed by atoms with Crippen molar-refractivity contribution in [3.05, 3.63) is 22.4 Å². The summed E-state index contributed by atoms with van der Waals surface area (Å²) in [4.78, 5) is 0. The maximum Gasteiger partial charge on any atom is 0.0216 e. The van der Waals surface area contributed by atoms with E-state index in [0.717, 1.165) is 17.8 Å². The quantitative estimate of drug-likeness (QED) is 0.856. The number of hydrogen-bond donors (Lipinski definition) is 1. The van der Waals surface area contributed by atoms with Gasteiger partial charge in [-0.1, -0.05) is 19.8 Å². The lowest BCUT2D eigenvalue weighted by atomic mass is 9.95. The van der Waals surface area contributed by atoms with Gasteiger partial charge in [0.15, 0.2) is 0 Å². The first kappa shape index (κ1) is 12.5. The second-order valence-corrected chi connectivity index (χ2v) is 6.69. The van der Waals surface area contributed by atoms with Gasteiger partial charge in [0.2, 0.25) is 0 Å². The zero-order valence-corrected chi connectivity index (χ0v) is 11.6. The topological polar surface area (TPSA) is 12.0 Å². The monoisotopic (exact) mass is 255 g/mol. The Morgan fingerprint density at radius 3 is 3.06 bits per heavy atom. The second kappa shape index (κ2) is 6.67. The number of thiophene rings is 1. The molecule has 2 rings (SSSR count). The Bertz CT molecular complexity index is 282. The third-order valence-electron chi connectivity index (χ3n) is 3.23. The largest absolute Gasteiger partial charge is 0.309 e. The Balaban J connectivity index is 1.81. The van der Waals surface area contributed by atoms with Gasteiger partial charge in [0.25, 0.3) is 0 Å². The Morgan fingerprint density at radius 1 is 1.44 bits per heavy atom. The van der Waals surface area contributed by atoms with Crippen LogP contribution in [0.5, 0.6) is 0 Å². The van der Waals surface area contributed by atoms with Crippen LogP contribution in [-0.2, 0) is 6.54 Å². The normalized spacial score (nSPS) is 25.8. The van der Waals surface area contributed by atoms with Gasteiger partial charge in [-0.15, -0.1) is 0 Å². The van der Waals surface area contributed by atoms with E-state index in [0.29, 0.717) is 0 Å². The zero-order valence-electron chi connectivity index (χ0n) is 9.95. The molecule has 1 fully saturated rings. The van der Waals surface area contributed by atoms with Gasteiger partial charge < -0.3 is 5.32 Å². The number of rotatable bonds is 5. The molecule has 0 aliphatic heterocycles. The van der Waals surface area contributed by atoms with Crippen molar-refractivity contribution >= 4 is 23.1 Å². The third kappa shape index (κ3) is 3.51. The van der Waals surface area contributed by atoms with Gasteiger partial charge >= 0.3 is 0 Å². The van der Waals surface area contributed by atoms with Crippen LogP contribution in [0.15, 0.2) is 16.8 Å². The van der Waals surface area contributed by atoms with Crippen molar-refractivity contribution in [2.45, 2.75) is 50.4 Å². The molecule has 2 atom stereocenters. The fourth-order valence-electron chi connectivity index (χ4n) is 2.39. The van der Waals surface area contributed by atoms with Gasteiger partial charge in [0.1, 0.15) is 0 Å². The molecule has 1 N–H and O–H groups in total. The van der Waals surface area contributed by atoms with Crippen molar-refractivity contribution < 1.29 is 0 Å². The van der Waals surface area contributed by atoms with E-state index in [1.54, 1.807) is 11.3 Å². The number of hydrogen-bond acceptors (Lipinski definition) is 3. The molecule has 1 aliphatic rings. The van der Waals surface area contributed by atoms with Crippen LogP contribution in [0.3, 0.4) is 0 Å². The average Bonchev–Trinajstić information content (AvgIpc) is 2.81. The van der Waals surface area contributed by atoms with Crippen LogP contribution in [0.2, 0.25) is 0 Å². The van der Waals surface area contributed by atoms with Crippen LogP contribution in [-0.4, -0.2) is 17.0 Å². The summed E-state index contributed by atoms with van der Waals surface area (Å²) in [5.74, 6) is 1.25. The molecule has 1 aromatic heterocycles. The lowest BCUT2D eigenvalue weighted by molar-refractivity contribution is 0.383. The molecule has 1 saturated carbocycles. The number of nitrogens with one attached hydrogen (secondary N) is 1. The molecule has 0 spiro atoms. The molecule has 2 unspecified atom stereocenters. The minimum atomic E-state index is 0.735. The first-order valence-electron chi connectivity index (χ1n) is 6.26. The molecule has 0 radical (unpaired) electrons. The molecule has 0 bridgehead atoms. The van der Waals surface area contributed by atoms with Crippen molar-refractivity contribution in [1.29, 1.82) is 0 Å². The van der Waals surface area contributed by atoms with E-state index in [9.17, 15) is 0 Å². The SMILES string of the molecule is CCSC1CCCCC1NCc1ccsc1. The van der Waals surface area contributed by atoms with Crippen LogP contribution in [0.4, 0.5) is 0 Å². The number of thioether (sulfide) groups is 1. The summed E-state index contributed by atoms with van der Waals surface area (Å²) in [6, 6.07) is 2.96. The summed E-state index contributed by atoms with van der Waals surface area (Å²) in [6.45, 7) is 3.32. The third-order valence-corrected chi connectivity index (χ3v) is 5.29. The van der Waals surface area contributed by atoms with E-state index in [1.807, 2.05) is 0 Å². The van der Waals surface area contributed by atoms with E-state index in [1.165, 1.54) is 37.0 Å². The molecule has 3 heteroatoms. The van der Waals surface area contributed by atoms with E-state index >= 15 is 0 Å². The van der Waals surface area contributed by atoms with Gasteiger partial charge in [-0.25, -0.2) is 0 Å². The summed E-state index contributed by atoms with van der Waals surface area (Å²) in [7, 11) is 0. The van der Waals surface area contributed by atoms with Crippen molar-refractivity contribution in [3.8, 4) is 0 Å². The van der Waals surface area contributed by atoms with Crippen molar-refractivity contribution in [2.75, 3.05) is 5.75 Å². The Kier molecular flexibility index (Phi) is 5.20. The summed E-state index contributed by atoms with van der Waals surface area (Å²) in [5.41, 5.74) is 1.44. The maximum absolute atomic E-state index is 3.74. The van der Waals surface area contributed by atoms with E-state index in [4.69, 9.17) is 0 Å². The predicted octanol–water partition coefficient (Wildman–Crippen LogP) is 3.90. The first-order chi connectivity index (χ1) is 7.90. The minimum Gasteiger partial charge on any atom is -0.309 e. The molecule has 1 heterocycles. The molecule has 1 aliphatic carbocycles. The van der Waals surface area contributed by atoms with Gasteiger partial charge in [0.05, 0.1) is 0 Å². The highest BCUT2D eigenvalue weighted by atomic mass is 32.2. The molecule has 0 aromatic carbocycles. The molecule has 90 valence electrons. The summed E-state index contributed by atoms with van der Waals surface area (Å²) in [5, 5.41) is 9.00. The average molecular weight is 255 g/mol. The minimum absolute atomic E-state index is 0.735. The molecule has 0 saturated heterocycles. The predicted molar refractivity (Wildman–Crippen MR) is 75.3 cm³/mol. The zero-order chi connectivity index (χ0) is 11.2. The van der Waals surface area contributed by atoms with Crippen LogP contribution in [0.1, 0.15) is 38.2 Å². The van der Waals surface area contributed by atoms with E-state index < -0.39 is 0 Å². The highest BCUT2D eigenvalue weighted by Gasteiger charge is 2.24. The van der Waals surface area contributed by atoms with Crippen LogP contribution >= 0.6 is 23.1 Å². The van der Waals surface area contributed by atoms with Crippen molar-refractivity contribution in [1.82, 2.24) is 5.32 Å². The molecule has 1 aromatic rings. The van der Waals surface area contributed by atoms with Gasteiger partial charge in [-0.3, -0.25) is 0 Å². The van der Waals surface area contributed by atoms with Gasteiger partial charge in [-0.05, 0) is 41.0 Å². The highest BCUT2D eigenvalue weighted by molar-refractivity contribution is 7.99. The summed E-state index contributed by atoms with van der Waals surface area (Å²) in [6.07, 6.45) is 5.60. The molecule has 16 heavy (non-hydrogen) atoms. The van der Waals surface area contributed by atoms with Crippen LogP contribution in [0.25, 0.3) is 0 Å². The fraction of sp³-hybridized carbons (Fsp3) is 0.692. The summed E-state index contributed by atoms with van der Waals surface area (Å²) >= 11 is 3.93. The fourth-order valence-corrected chi connectivity index (χ4v) is 4.28. The van der Waals surface area contributed by atoms with Crippen LogP contribution < -0.4 is 5.32 Å². The summed E-state index contributed by atoms with van der Waals surface area (Å²) < 4.78 is 0. The lowest BCUT2D eigenvalue weighted by Crippen LogP contribution is -2.40. The Morgan fingerprint density at radius 2 is 2.31 bits per heavy atom. The molecule has 1 nitrogen and oxygen atoms in total. The van der Waals surface area contributed by atoms with Gasteiger partial charge in [-0.2, -0.15) is 23.1 Å².